The molecule has 0 fully saturated rings. The molecule has 0 radical (unpaired) electrons. The molecular weight excluding hydrogens is 250 g/mol. The van der Waals surface area contributed by atoms with Gasteiger partial charge in [0, 0.05) is 11.1 Å². The van der Waals surface area contributed by atoms with Crippen molar-refractivity contribution in [3.63, 3.8) is 0 Å². The first kappa shape index (κ1) is 13.4. The maximum atomic E-state index is 11.7. The van der Waals surface area contributed by atoms with Crippen LogP contribution in [0, 0.1) is 0 Å². The number of halogens is 1. The van der Waals surface area contributed by atoms with Crippen molar-refractivity contribution in [1.82, 2.24) is 5.32 Å². The molecule has 2 rings (SSSR count). The minimum Gasteiger partial charge on any atom is -0.468 e. The normalized spacial score (nSPS) is 18.6. The molecule has 0 saturated carbocycles. The number of benzene rings is 1. The van der Waals surface area contributed by atoms with Gasteiger partial charge in [0.15, 0.2) is 0 Å². The quantitative estimate of drug-likeness (QED) is 0.856. The summed E-state index contributed by atoms with van der Waals surface area (Å²) >= 11 is 5.98. The molecule has 0 amide bonds. The fraction of sp³-hybridized carbons (Fsp3) is 0.500. The first-order valence-electron chi connectivity index (χ1n) is 6.08. The smallest absolute Gasteiger partial charge is 0.325 e. The van der Waals surface area contributed by atoms with Crippen LogP contribution in [0.3, 0.4) is 0 Å². The van der Waals surface area contributed by atoms with E-state index >= 15 is 0 Å². The van der Waals surface area contributed by atoms with Crippen molar-refractivity contribution in [3.8, 4) is 0 Å². The Bertz CT molecular complexity index is 471. The Hall–Kier alpha value is -1.06. The highest BCUT2D eigenvalue weighted by molar-refractivity contribution is 6.30. The summed E-state index contributed by atoms with van der Waals surface area (Å²) in [4.78, 5) is 11.7. The number of methoxy groups -OCH3 is 1. The lowest BCUT2D eigenvalue weighted by Gasteiger charge is -2.27. The van der Waals surface area contributed by atoms with Gasteiger partial charge in [-0.1, -0.05) is 17.7 Å². The summed E-state index contributed by atoms with van der Waals surface area (Å²) in [5.74, 6) is -0.245. The summed E-state index contributed by atoms with van der Waals surface area (Å²) in [6.07, 6.45) is 1.97. The lowest BCUT2D eigenvalue weighted by atomic mass is 10.0. The molecule has 1 aromatic rings. The van der Waals surface area contributed by atoms with Crippen molar-refractivity contribution in [2.75, 3.05) is 7.11 Å². The fourth-order valence-electron chi connectivity index (χ4n) is 2.49. The summed E-state index contributed by atoms with van der Waals surface area (Å²) in [7, 11) is 1.41. The minimum atomic E-state index is -0.680. The van der Waals surface area contributed by atoms with E-state index in [1.807, 2.05) is 32.0 Å². The maximum Gasteiger partial charge on any atom is 0.325 e. The van der Waals surface area contributed by atoms with Gasteiger partial charge in [-0.3, -0.25) is 10.1 Å². The molecule has 3 nitrogen and oxygen atoms in total. The van der Waals surface area contributed by atoms with Crippen molar-refractivity contribution < 1.29 is 9.53 Å². The SMILES string of the molecule is COC(=O)C(C)(C)NC1CCc2cc(Cl)ccc21. The molecule has 1 unspecified atom stereocenters. The summed E-state index contributed by atoms with van der Waals surface area (Å²) in [5, 5.41) is 4.13. The van der Waals surface area contributed by atoms with Gasteiger partial charge in [-0.2, -0.15) is 0 Å². The summed E-state index contributed by atoms with van der Waals surface area (Å²) in [6.45, 7) is 3.68. The van der Waals surface area contributed by atoms with Crippen molar-refractivity contribution in [2.45, 2.75) is 38.3 Å². The largest absolute Gasteiger partial charge is 0.468 e. The highest BCUT2D eigenvalue weighted by atomic mass is 35.5. The van der Waals surface area contributed by atoms with E-state index in [9.17, 15) is 4.79 Å². The van der Waals surface area contributed by atoms with E-state index in [1.165, 1.54) is 18.2 Å². The van der Waals surface area contributed by atoms with E-state index in [0.717, 1.165) is 17.9 Å². The molecular formula is C14H18ClNO2. The molecule has 0 saturated heterocycles. The maximum absolute atomic E-state index is 11.7. The standard InChI is InChI=1S/C14H18ClNO2/c1-14(2,13(17)18-3)16-12-7-4-9-8-10(15)5-6-11(9)12/h5-6,8,12,16H,4,7H2,1-3H3. The Balaban J connectivity index is 2.17. The molecule has 0 heterocycles. The number of aryl methyl sites for hydroxylation is 1. The zero-order chi connectivity index (χ0) is 13.3. The highest BCUT2D eigenvalue weighted by Gasteiger charge is 2.34. The molecule has 0 aliphatic heterocycles. The first-order valence-corrected chi connectivity index (χ1v) is 6.46. The average molecular weight is 268 g/mol. The topological polar surface area (TPSA) is 38.3 Å². The number of ether oxygens (including phenoxy) is 1. The zero-order valence-corrected chi connectivity index (χ0v) is 11.7. The molecule has 18 heavy (non-hydrogen) atoms. The van der Waals surface area contributed by atoms with Crippen LogP contribution in [0.1, 0.15) is 37.4 Å². The Morgan fingerprint density at radius 2 is 2.22 bits per heavy atom. The van der Waals surface area contributed by atoms with Crippen LogP contribution in [-0.4, -0.2) is 18.6 Å². The number of fused-ring (bicyclic) bond motifs is 1. The van der Waals surface area contributed by atoms with Gasteiger partial charge in [0.2, 0.25) is 0 Å². The number of esters is 1. The third-order valence-corrected chi connectivity index (χ3v) is 3.65. The van der Waals surface area contributed by atoms with Crippen molar-refractivity contribution in [3.05, 3.63) is 34.3 Å². The molecule has 1 aliphatic rings. The van der Waals surface area contributed by atoms with E-state index in [2.05, 4.69) is 5.32 Å². The van der Waals surface area contributed by atoms with Crippen LogP contribution in [-0.2, 0) is 16.0 Å². The number of hydrogen-bond donors (Lipinski definition) is 1. The Morgan fingerprint density at radius 1 is 1.50 bits per heavy atom. The second-order valence-corrected chi connectivity index (χ2v) is 5.63. The number of rotatable bonds is 3. The van der Waals surface area contributed by atoms with Gasteiger partial charge in [0.25, 0.3) is 0 Å². The van der Waals surface area contributed by atoms with E-state index in [1.54, 1.807) is 0 Å². The van der Waals surface area contributed by atoms with Crippen LogP contribution >= 0.6 is 11.6 Å². The summed E-state index contributed by atoms with van der Waals surface area (Å²) in [6, 6.07) is 6.12. The number of nitrogens with one attached hydrogen (secondary N) is 1. The van der Waals surface area contributed by atoms with Crippen LogP contribution in [0.15, 0.2) is 18.2 Å². The molecule has 0 spiro atoms. The summed E-state index contributed by atoms with van der Waals surface area (Å²) < 4.78 is 4.81. The number of carbonyl (C=O) groups excluding carboxylic acids is 1. The van der Waals surface area contributed by atoms with Crippen molar-refractivity contribution in [1.29, 1.82) is 0 Å². The predicted molar refractivity (Wildman–Crippen MR) is 71.7 cm³/mol. The average Bonchev–Trinajstić information content (AvgIpc) is 2.69. The van der Waals surface area contributed by atoms with Crippen LogP contribution in [0.5, 0.6) is 0 Å². The third kappa shape index (κ3) is 2.52. The van der Waals surface area contributed by atoms with E-state index in [4.69, 9.17) is 16.3 Å². The van der Waals surface area contributed by atoms with E-state index in [-0.39, 0.29) is 12.0 Å². The first-order chi connectivity index (χ1) is 8.44. The Kier molecular flexibility index (Phi) is 3.64. The fourth-order valence-corrected chi connectivity index (χ4v) is 2.68. The predicted octanol–water partition coefficient (Wildman–Crippen LogP) is 2.87. The minimum absolute atomic E-state index is 0.186. The van der Waals surface area contributed by atoms with Gasteiger partial charge in [0.1, 0.15) is 5.54 Å². The number of carbonyl (C=O) groups is 1. The van der Waals surface area contributed by atoms with Gasteiger partial charge in [0.05, 0.1) is 7.11 Å². The van der Waals surface area contributed by atoms with Gasteiger partial charge in [-0.15, -0.1) is 0 Å². The molecule has 1 N–H and O–H groups in total. The van der Waals surface area contributed by atoms with Crippen LogP contribution < -0.4 is 5.32 Å². The molecule has 98 valence electrons. The van der Waals surface area contributed by atoms with Crippen LogP contribution in [0.4, 0.5) is 0 Å². The third-order valence-electron chi connectivity index (χ3n) is 3.41. The molecule has 1 aromatic carbocycles. The number of hydrogen-bond acceptors (Lipinski definition) is 3. The van der Waals surface area contributed by atoms with Gasteiger partial charge < -0.3 is 4.74 Å². The van der Waals surface area contributed by atoms with Crippen LogP contribution in [0.2, 0.25) is 5.02 Å². The molecule has 1 aliphatic carbocycles. The van der Waals surface area contributed by atoms with Crippen molar-refractivity contribution >= 4 is 17.6 Å². The van der Waals surface area contributed by atoms with Gasteiger partial charge in [-0.05, 0) is 49.9 Å². The van der Waals surface area contributed by atoms with Crippen molar-refractivity contribution in [2.24, 2.45) is 0 Å². The Morgan fingerprint density at radius 3 is 2.89 bits per heavy atom. The lowest BCUT2D eigenvalue weighted by Crippen LogP contribution is -2.48. The van der Waals surface area contributed by atoms with E-state index < -0.39 is 5.54 Å². The van der Waals surface area contributed by atoms with Crippen LogP contribution in [0.25, 0.3) is 0 Å². The monoisotopic (exact) mass is 267 g/mol. The summed E-state index contributed by atoms with van der Waals surface area (Å²) in [5.41, 5.74) is 1.82. The highest BCUT2D eigenvalue weighted by Crippen LogP contribution is 2.34. The molecule has 1 atom stereocenters. The van der Waals surface area contributed by atoms with Gasteiger partial charge in [-0.25, -0.2) is 0 Å². The second kappa shape index (κ2) is 4.90. The van der Waals surface area contributed by atoms with Gasteiger partial charge >= 0.3 is 5.97 Å². The van der Waals surface area contributed by atoms with E-state index in [0.29, 0.717) is 0 Å². The molecule has 0 bridgehead atoms. The zero-order valence-electron chi connectivity index (χ0n) is 10.9. The molecule has 4 heteroatoms. The second-order valence-electron chi connectivity index (χ2n) is 5.20. The Labute approximate surface area is 112 Å². The molecule has 0 aromatic heterocycles. The lowest BCUT2D eigenvalue weighted by molar-refractivity contribution is -0.147.